The lowest BCUT2D eigenvalue weighted by Gasteiger charge is -2.28. The first-order chi connectivity index (χ1) is 8.10. The van der Waals surface area contributed by atoms with Crippen LogP contribution in [-0.2, 0) is 10.6 Å². The van der Waals surface area contributed by atoms with E-state index in [4.69, 9.17) is 16.3 Å². The quantitative estimate of drug-likeness (QED) is 0.732. The summed E-state index contributed by atoms with van der Waals surface area (Å²) in [4.78, 5) is 6.84. The number of ether oxygens (including phenoxy) is 1. The maximum absolute atomic E-state index is 5.84. The first-order valence-corrected chi connectivity index (χ1v) is 6.41. The van der Waals surface area contributed by atoms with E-state index in [2.05, 4.69) is 23.7 Å². The van der Waals surface area contributed by atoms with E-state index >= 15 is 0 Å². The predicted molar refractivity (Wildman–Crippen MR) is 72.9 cm³/mol. The van der Waals surface area contributed by atoms with Crippen LogP contribution in [0.5, 0.6) is 0 Å². The highest BCUT2D eigenvalue weighted by molar-refractivity contribution is 6.17. The van der Waals surface area contributed by atoms with Gasteiger partial charge in [-0.3, -0.25) is 0 Å². The summed E-state index contributed by atoms with van der Waals surface area (Å²) < 4.78 is 5.13. The molecule has 17 heavy (non-hydrogen) atoms. The van der Waals surface area contributed by atoms with Crippen molar-refractivity contribution in [2.45, 2.75) is 32.7 Å². The summed E-state index contributed by atoms with van der Waals surface area (Å²) in [7, 11) is 1.72. The number of anilines is 1. The summed E-state index contributed by atoms with van der Waals surface area (Å²) in [6.45, 7) is 7.86. The summed E-state index contributed by atoms with van der Waals surface area (Å²) >= 11 is 5.84. The van der Waals surface area contributed by atoms with E-state index in [1.165, 1.54) is 0 Å². The second-order valence-electron chi connectivity index (χ2n) is 4.33. The average molecular weight is 257 g/mol. The van der Waals surface area contributed by atoms with Gasteiger partial charge in [-0.05, 0) is 32.4 Å². The molecule has 4 heteroatoms. The summed E-state index contributed by atoms with van der Waals surface area (Å²) in [6, 6.07) is 4.48. The third kappa shape index (κ3) is 3.86. The van der Waals surface area contributed by atoms with Crippen LogP contribution in [0.3, 0.4) is 0 Å². The standard InChI is InChI=1S/C13H21ClN2O/c1-10(2)16(7-8-17-4)13-6-5-12(9-14)11(3)15-13/h5-6,10H,7-9H2,1-4H3. The fourth-order valence-electron chi connectivity index (χ4n) is 1.70. The molecule has 96 valence electrons. The zero-order chi connectivity index (χ0) is 12.8. The Bertz CT molecular complexity index is 355. The predicted octanol–water partition coefficient (Wildman–Crippen LogP) is 2.99. The Hall–Kier alpha value is -0.800. The molecule has 1 aromatic rings. The second-order valence-corrected chi connectivity index (χ2v) is 4.59. The molecule has 0 saturated heterocycles. The molecule has 0 aliphatic rings. The molecule has 0 aliphatic carbocycles. The van der Waals surface area contributed by atoms with Crippen molar-refractivity contribution in [1.29, 1.82) is 0 Å². The van der Waals surface area contributed by atoms with Crippen LogP contribution in [0.2, 0.25) is 0 Å². The Kier molecular flexibility index (Phi) is 5.72. The first-order valence-electron chi connectivity index (χ1n) is 5.88. The molecular weight excluding hydrogens is 236 g/mol. The Balaban J connectivity index is 2.90. The van der Waals surface area contributed by atoms with Crippen LogP contribution in [0.1, 0.15) is 25.1 Å². The van der Waals surface area contributed by atoms with E-state index in [1.807, 2.05) is 19.1 Å². The van der Waals surface area contributed by atoms with E-state index in [-0.39, 0.29) is 0 Å². The molecule has 0 atom stereocenters. The van der Waals surface area contributed by atoms with Crippen molar-refractivity contribution in [2.24, 2.45) is 0 Å². The van der Waals surface area contributed by atoms with Crippen molar-refractivity contribution in [3.8, 4) is 0 Å². The van der Waals surface area contributed by atoms with Gasteiger partial charge in [-0.15, -0.1) is 11.6 Å². The second kappa shape index (κ2) is 6.82. The number of methoxy groups -OCH3 is 1. The molecule has 0 aliphatic heterocycles. The van der Waals surface area contributed by atoms with Crippen molar-refractivity contribution >= 4 is 17.4 Å². The van der Waals surface area contributed by atoms with Crippen molar-refractivity contribution in [1.82, 2.24) is 4.98 Å². The molecule has 0 N–H and O–H groups in total. The SMILES string of the molecule is COCCN(c1ccc(CCl)c(C)n1)C(C)C. The van der Waals surface area contributed by atoms with Gasteiger partial charge in [0, 0.05) is 31.3 Å². The molecule has 0 saturated carbocycles. The smallest absolute Gasteiger partial charge is 0.129 e. The summed E-state index contributed by atoms with van der Waals surface area (Å²) in [5.41, 5.74) is 2.09. The Labute approximate surface area is 109 Å². The van der Waals surface area contributed by atoms with Gasteiger partial charge in [0.1, 0.15) is 5.82 Å². The minimum absolute atomic E-state index is 0.402. The molecule has 0 aromatic carbocycles. The zero-order valence-corrected chi connectivity index (χ0v) is 11.8. The molecule has 0 unspecified atom stereocenters. The van der Waals surface area contributed by atoms with Crippen molar-refractivity contribution in [2.75, 3.05) is 25.2 Å². The molecule has 0 amide bonds. The van der Waals surface area contributed by atoms with Gasteiger partial charge in [0.05, 0.1) is 6.61 Å². The number of halogens is 1. The molecule has 1 rings (SSSR count). The van der Waals surface area contributed by atoms with Crippen LogP contribution in [0.25, 0.3) is 0 Å². The van der Waals surface area contributed by atoms with Crippen LogP contribution in [0.4, 0.5) is 5.82 Å². The number of pyridine rings is 1. The highest BCUT2D eigenvalue weighted by atomic mass is 35.5. The summed E-state index contributed by atoms with van der Waals surface area (Å²) in [6.07, 6.45) is 0. The van der Waals surface area contributed by atoms with Crippen LogP contribution >= 0.6 is 11.6 Å². The molecule has 1 aromatic heterocycles. The Morgan fingerprint density at radius 3 is 2.59 bits per heavy atom. The lowest BCUT2D eigenvalue weighted by molar-refractivity contribution is 0.203. The maximum Gasteiger partial charge on any atom is 0.129 e. The molecule has 3 nitrogen and oxygen atoms in total. The van der Waals surface area contributed by atoms with Crippen LogP contribution in [0, 0.1) is 6.92 Å². The highest BCUT2D eigenvalue weighted by Crippen LogP contribution is 2.18. The molecule has 0 spiro atoms. The monoisotopic (exact) mass is 256 g/mol. The van der Waals surface area contributed by atoms with Crippen molar-refractivity contribution in [3.05, 3.63) is 23.4 Å². The number of alkyl halides is 1. The number of hydrogen-bond acceptors (Lipinski definition) is 3. The molecule has 0 radical (unpaired) electrons. The number of aryl methyl sites for hydroxylation is 1. The summed E-state index contributed by atoms with van der Waals surface area (Å²) in [5, 5.41) is 0. The minimum Gasteiger partial charge on any atom is -0.383 e. The Morgan fingerprint density at radius 2 is 2.12 bits per heavy atom. The van der Waals surface area contributed by atoms with E-state index < -0.39 is 0 Å². The topological polar surface area (TPSA) is 25.4 Å². The van der Waals surface area contributed by atoms with Crippen LogP contribution < -0.4 is 4.90 Å². The van der Waals surface area contributed by atoms with E-state index in [0.29, 0.717) is 18.5 Å². The van der Waals surface area contributed by atoms with Crippen LogP contribution in [0.15, 0.2) is 12.1 Å². The molecule has 0 fully saturated rings. The number of aromatic nitrogens is 1. The van der Waals surface area contributed by atoms with Gasteiger partial charge in [-0.25, -0.2) is 4.98 Å². The maximum atomic E-state index is 5.84. The van der Waals surface area contributed by atoms with Gasteiger partial charge >= 0.3 is 0 Å². The van der Waals surface area contributed by atoms with E-state index in [0.717, 1.165) is 23.6 Å². The Morgan fingerprint density at radius 1 is 1.41 bits per heavy atom. The van der Waals surface area contributed by atoms with E-state index in [1.54, 1.807) is 7.11 Å². The average Bonchev–Trinajstić information content (AvgIpc) is 2.29. The normalized spacial score (nSPS) is 10.9. The minimum atomic E-state index is 0.402. The number of nitrogens with zero attached hydrogens (tertiary/aromatic N) is 2. The van der Waals surface area contributed by atoms with Gasteiger partial charge in [-0.1, -0.05) is 6.07 Å². The zero-order valence-electron chi connectivity index (χ0n) is 11.0. The summed E-state index contributed by atoms with van der Waals surface area (Å²) in [5.74, 6) is 1.50. The van der Waals surface area contributed by atoms with Gasteiger partial charge in [-0.2, -0.15) is 0 Å². The van der Waals surface area contributed by atoms with Gasteiger partial charge in [0.2, 0.25) is 0 Å². The van der Waals surface area contributed by atoms with Gasteiger partial charge in [0.25, 0.3) is 0 Å². The number of rotatable bonds is 6. The highest BCUT2D eigenvalue weighted by Gasteiger charge is 2.12. The van der Waals surface area contributed by atoms with Gasteiger partial charge in [0.15, 0.2) is 0 Å². The lowest BCUT2D eigenvalue weighted by atomic mass is 10.2. The van der Waals surface area contributed by atoms with Crippen molar-refractivity contribution < 1.29 is 4.74 Å². The lowest BCUT2D eigenvalue weighted by Crippen LogP contribution is -2.34. The number of hydrogen-bond donors (Lipinski definition) is 0. The fraction of sp³-hybridized carbons (Fsp3) is 0.615. The van der Waals surface area contributed by atoms with Crippen molar-refractivity contribution in [3.63, 3.8) is 0 Å². The third-order valence-corrected chi connectivity index (χ3v) is 3.07. The van der Waals surface area contributed by atoms with E-state index in [9.17, 15) is 0 Å². The first kappa shape index (κ1) is 14.3. The van der Waals surface area contributed by atoms with Gasteiger partial charge < -0.3 is 9.64 Å². The molecule has 1 heterocycles. The largest absolute Gasteiger partial charge is 0.383 e. The van der Waals surface area contributed by atoms with Crippen LogP contribution in [-0.4, -0.2) is 31.3 Å². The third-order valence-electron chi connectivity index (χ3n) is 2.78. The molecular formula is C13H21ClN2O. The fourth-order valence-corrected chi connectivity index (χ4v) is 1.99. The molecule has 0 bridgehead atoms.